The smallest absolute Gasteiger partial charge is 0.350 e. The number of nitrogens with one attached hydrogen (secondary N) is 1. The van der Waals surface area contributed by atoms with Crippen LogP contribution in [-0.4, -0.2) is 21.5 Å². The number of methoxy groups -OCH3 is 1. The van der Waals surface area contributed by atoms with Gasteiger partial charge in [0.15, 0.2) is 0 Å². The Kier molecular flexibility index (Phi) is 4.05. The van der Waals surface area contributed by atoms with Crippen LogP contribution in [0.2, 0.25) is 0 Å². The van der Waals surface area contributed by atoms with Crippen molar-refractivity contribution in [2.24, 2.45) is 0 Å². The van der Waals surface area contributed by atoms with Gasteiger partial charge in [-0.3, -0.25) is 4.72 Å². The second-order valence-corrected chi connectivity index (χ2v) is 6.31. The van der Waals surface area contributed by atoms with Gasteiger partial charge in [0.05, 0.1) is 17.7 Å². The Balaban J connectivity index is 2.32. The SMILES string of the molecule is COC(=O)c1sccc1NS(=O)(=O)c1ccc(F)cc1. The molecule has 5 nitrogen and oxygen atoms in total. The average molecular weight is 315 g/mol. The molecule has 0 amide bonds. The van der Waals surface area contributed by atoms with E-state index in [4.69, 9.17) is 0 Å². The van der Waals surface area contributed by atoms with Crippen LogP contribution in [0.25, 0.3) is 0 Å². The van der Waals surface area contributed by atoms with Crippen LogP contribution in [0.15, 0.2) is 40.6 Å². The fourth-order valence-electron chi connectivity index (χ4n) is 1.46. The number of benzene rings is 1. The van der Waals surface area contributed by atoms with E-state index in [0.29, 0.717) is 0 Å². The van der Waals surface area contributed by atoms with Crippen LogP contribution < -0.4 is 4.72 Å². The summed E-state index contributed by atoms with van der Waals surface area (Å²) in [6.45, 7) is 0. The Hall–Kier alpha value is -1.93. The van der Waals surface area contributed by atoms with E-state index in [0.717, 1.165) is 35.6 Å². The lowest BCUT2D eigenvalue weighted by atomic mass is 10.4. The highest BCUT2D eigenvalue weighted by Crippen LogP contribution is 2.25. The lowest BCUT2D eigenvalue weighted by molar-refractivity contribution is 0.0607. The first-order valence-corrected chi connectivity index (χ1v) is 7.74. The molecule has 1 N–H and O–H groups in total. The molecule has 8 heteroatoms. The van der Waals surface area contributed by atoms with Crippen molar-refractivity contribution < 1.29 is 22.3 Å². The predicted octanol–water partition coefficient (Wildman–Crippen LogP) is 2.47. The summed E-state index contributed by atoms with van der Waals surface area (Å²) < 4.78 is 43.8. The van der Waals surface area contributed by atoms with Crippen LogP contribution in [0.1, 0.15) is 9.67 Å². The Morgan fingerprint density at radius 2 is 1.90 bits per heavy atom. The number of esters is 1. The van der Waals surface area contributed by atoms with E-state index in [1.54, 1.807) is 5.38 Å². The monoisotopic (exact) mass is 315 g/mol. The minimum Gasteiger partial charge on any atom is -0.465 e. The van der Waals surface area contributed by atoms with Crippen molar-refractivity contribution in [1.29, 1.82) is 0 Å². The summed E-state index contributed by atoms with van der Waals surface area (Å²) in [6.07, 6.45) is 0. The standard InChI is InChI=1S/C12H10FNO4S2/c1-18-12(15)11-10(6-7-19-11)14-20(16,17)9-4-2-8(13)3-5-9/h2-7,14H,1H3. The molecule has 0 unspecified atom stereocenters. The number of carbonyl (C=O) groups excluding carboxylic acids is 1. The second-order valence-electron chi connectivity index (χ2n) is 3.71. The summed E-state index contributed by atoms with van der Waals surface area (Å²) in [5.41, 5.74) is 0.131. The third-order valence-corrected chi connectivity index (χ3v) is 4.68. The number of hydrogen-bond donors (Lipinski definition) is 1. The summed E-state index contributed by atoms with van der Waals surface area (Å²) in [6, 6.07) is 5.83. The first-order chi connectivity index (χ1) is 9.44. The average Bonchev–Trinajstić information content (AvgIpc) is 2.85. The topological polar surface area (TPSA) is 72.5 Å². The highest BCUT2D eigenvalue weighted by Gasteiger charge is 2.20. The number of thiophene rings is 1. The molecule has 20 heavy (non-hydrogen) atoms. The molecule has 0 aliphatic heterocycles. The van der Waals surface area contributed by atoms with Crippen LogP contribution >= 0.6 is 11.3 Å². The molecule has 1 heterocycles. The molecule has 0 radical (unpaired) electrons. The lowest BCUT2D eigenvalue weighted by Crippen LogP contribution is -2.14. The van der Waals surface area contributed by atoms with Gasteiger partial charge in [-0.05, 0) is 35.7 Å². The molecule has 2 aromatic rings. The number of hydrogen-bond acceptors (Lipinski definition) is 5. The number of carbonyl (C=O) groups is 1. The molecule has 106 valence electrons. The number of halogens is 1. The minimum absolute atomic E-state index is 0.0964. The normalized spacial score (nSPS) is 11.1. The van der Waals surface area contributed by atoms with E-state index < -0.39 is 21.8 Å². The summed E-state index contributed by atoms with van der Waals surface area (Å²) in [5.74, 6) is -1.16. The molecule has 0 aliphatic rings. The fourth-order valence-corrected chi connectivity index (χ4v) is 3.36. The highest BCUT2D eigenvalue weighted by atomic mass is 32.2. The molecule has 1 aromatic carbocycles. The van der Waals surface area contributed by atoms with Gasteiger partial charge in [0.25, 0.3) is 10.0 Å². The quantitative estimate of drug-likeness (QED) is 0.880. The lowest BCUT2D eigenvalue weighted by Gasteiger charge is -2.08. The van der Waals surface area contributed by atoms with Gasteiger partial charge in [-0.2, -0.15) is 0 Å². The van der Waals surface area contributed by atoms with Crippen LogP contribution in [-0.2, 0) is 14.8 Å². The van der Waals surface area contributed by atoms with Crippen molar-refractivity contribution >= 4 is 33.0 Å². The molecule has 2 rings (SSSR count). The van der Waals surface area contributed by atoms with Gasteiger partial charge in [-0.25, -0.2) is 17.6 Å². The molecule has 0 saturated carbocycles. The molecule has 0 atom stereocenters. The molecule has 0 spiro atoms. The fraction of sp³-hybridized carbons (Fsp3) is 0.0833. The number of sulfonamides is 1. The third-order valence-electron chi connectivity index (χ3n) is 2.40. The zero-order valence-electron chi connectivity index (χ0n) is 10.3. The number of rotatable bonds is 4. The number of anilines is 1. The van der Waals surface area contributed by atoms with Crippen molar-refractivity contribution in [3.8, 4) is 0 Å². The van der Waals surface area contributed by atoms with Gasteiger partial charge < -0.3 is 4.74 Å². The van der Waals surface area contributed by atoms with Crippen molar-refractivity contribution in [2.75, 3.05) is 11.8 Å². The van der Waals surface area contributed by atoms with Gasteiger partial charge in [-0.15, -0.1) is 11.3 Å². The Bertz CT molecular complexity index is 722. The predicted molar refractivity (Wildman–Crippen MR) is 72.9 cm³/mol. The van der Waals surface area contributed by atoms with Crippen molar-refractivity contribution in [3.05, 3.63) is 46.4 Å². The van der Waals surface area contributed by atoms with Gasteiger partial charge in [0, 0.05) is 0 Å². The zero-order valence-corrected chi connectivity index (χ0v) is 11.9. The molecular weight excluding hydrogens is 305 g/mol. The Morgan fingerprint density at radius 3 is 2.50 bits per heavy atom. The number of ether oxygens (including phenoxy) is 1. The van der Waals surface area contributed by atoms with Crippen LogP contribution in [0.5, 0.6) is 0 Å². The third kappa shape index (κ3) is 2.97. The maximum absolute atomic E-state index is 12.8. The molecular formula is C12H10FNO4S2. The summed E-state index contributed by atoms with van der Waals surface area (Å²) in [7, 11) is -2.67. The van der Waals surface area contributed by atoms with Gasteiger partial charge in [0.2, 0.25) is 0 Å². The van der Waals surface area contributed by atoms with E-state index in [1.807, 2.05) is 0 Å². The summed E-state index contributed by atoms with van der Waals surface area (Å²) in [4.78, 5) is 11.5. The molecule has 0 aliphatic carbocycles. The summed E-state index contributed by atoms with van der Waals surface area (Å²) in [5, 5.41) is 1.56. The maximum Gasteiger partial charge on any atom is 0.350 e. The summed E-state index contributed by atoms with van der Waals surface area (Å²) >= 11 is 1.06. The first kappa shape index (κ1) is 14.5. The van der Waals surface area contributed by atoms with Crippen molar-refractivity contribution in [2.45, 2.75) is 4.90 Å². The molecule has 0 fully saturated rings. The molecule has 1 aromatic heterocycles. The van der Waals surface area contributed by atoms with Crippen LogP contribution in [0.3, 0.4) is 0 Å². The van der Waals surface area contributed by atoms with E-state index in [-0.39, 0.29) is 15.5 Å². The van der Waals surface area contributed by atoms with Crippen LogP contribution in [0.4, 0.5) is 10.1 Å². The molecule has 0 bridgehead atoms. The largest absolute Gasteiger partial charge is 0.465 e. The van der Waals surface area contributed by atoms with E-state index in [9.17, 15) is 17.6 Å². The van der Waals surface area contributed by atoms with Gasteiger partial charge in [-0.1, -0.05) is 0 Å². The second kappa shape index (κ2) is 5.59. The van der Waals surface area contributed by atoms with E-state index in [2.05, 4.69) is 9.46 Å². The Morgan fingerprint density at radius 1 is 1.25 bits per heavy atom. The van der Waals surface area contributed by atoms with Gasteiger partial charge in [0.1, 0.15) is 10.7 Å². The zero-order chi connectivity index (χ0) is 14.8. The van der Waals surface area contributed by atoms with Crippen molar-refractivity contribution in [1.82, 2.24) is 0 Å². The van der Waals surface area contributed by atoms with Crippen LogP contribution in [0, 0.1) is 5.82 Å². The minimum atomic E-state index is -3.88. The Labute approximate surface area is 119 Å². The first-order valence-electron chi connectivity index (χ1n) is 5.38. The molecule has 0 saturated heterocycles. The van der Waals surface area contributed by atoms with E-state index >= 15 is 0 Å². The van der Waals surface area contributed by atoms with Crippen molar-refractivity contribution in [3.63, 3.8) is 0 Å². The van der Waals surface area contributed by atoms with Gasteiger partial charge >= 0.3 is 5.97 Å². The van der Waals surface area contributed by atoms with E-state index in [1.165, 1.54) is 13.2 Å². The highest BCUT2D eigenvalue weighted by molar-refractivity contribution is 7.92. The maximum atomic E-state index is 12.8.